The molecule has 11 heteroatoms. The standard InChI is InChI=1S/C18H18Cl2FN5O3/c1-8(2)9-4-14(25-26(3)18(9)28)29-17-10(19)5-11(16(21)15(17)20)22-6-12-23-7-13(27)24-12/h4-5,8,22H,6-7H2,1-3H3,(H,23,24,27). The number of hydrogen-bond donors (Lipinski definition) is 2. The monoisotopic (exact) mass is 441 g/mol. The number of aryl methyl sites for hydroxylation is 1. The molecule has 1 amide bonds. The highest BCUT2D eigenvalue weighted by molar-refractivity contribution is 6.37. The second-order valence-corrected chi connectivity index (χ2v) is 7.44. The van der Waals surface area contributed by atoms with Crippen LogP contribution in [0.3, 0.4) is 0 Å². The molecule has 1 aliphatic heterocycles. The molecule has 0 atom stereocenters. The van der Waals surface area contributed by atoms with Crippen LogP contribution < -0.4 is 20.9 Å². The number of benzene rings is 1. The van der Waals surface area contributed by atoms with Gasteiger partial charge in [0, 0.05) is 18.7 Å². The Morgan fingerprint density at radius 2 is 2.07 bits per heavy atom. The third-order valence-electron chi connectivity index (χ3n) is 4.16. The van der Waals surface area contributed by atoms with Crippen molar-refractivity contribution in [2.45, 2.75) is 19.8 Å². The fourth-order valence-electron chi connectivity index (χ4n) is 2.66. The van der Waals surface area contributed by atoms with Crippen LogP contribution in [0.4, 0.5) is 10.1 Å². The van der Waals surface area contributed by atoms with E-state index in [-0.39, 0.29) is 57.8 Å². The van der Waals surface area contributed by atoms with E-state index in [0.29, 0.717) is 11.4 Å². The van der Waals surface area contributed by atoms with Gasteiger partial charge in [-0.15, -0.1) is 5.10 Å². The number of carbonyl (C=O) groups is 1. The number of aromatic nitrogens is 2. The lowest BCUT2D eigenvalue weighted by molar-refractivity contribution is -0.117. The second kappa shape index (κ2) is 8.38. The fraction of sp³-hybridized carbons (Fsp3) is 0.333. The van der Waals surface area contributed by atoms with Crippen LogP contribution in [-0.4, -0.2) is 34.6 Å². The van der Waals surface area contributed by atoms with E-state index in [4.69, 9.17) is 27.9 Å². The molecule has 154 valence electrons. The Kier molecular flexibility index (Phi) is 6.09. The Labute approximate surface area is 175 Å². The van der Waals surface area contributed by atoms with Crippen molar-refractivity contribution >= 4 is 40.6 Å². The highest BCUT2D eigenvalue weighted by Gasteiger charge is 2.21. The number of anilines is 1. The second-order valence-electron chi connectivity index (χ2n) is 6.65. The van der Waals surface area contributed by atoms with Crippen LogP contribution in [0.5, 0.6) is 11.6 Å². The number of carbonyl (C=O) groups excluding carboxylic acids is 1. The summed E-state index contributed by atoms with van der Waals surface area (Å²) >= 11 is 12.4. The summed E-state index contributed by atoms with van der Waals surface area (Å²) in [4.78, 5) is 27.3. The highest BCUT2D eigenvalue weighted by atomic mass is 35.5. The lowest BCUT2D eigenvalue weighted by atomic mass is 10.1. The molecule has 2 heterocycles. The number of amidine groups is 1. The van der Waals surface area contributed by atoms with Crippen LogP contribution in [0.1, 0.15) is 25.3 Å². The number of halogens is 3. The first-order valence-electron chi connectivity index (χ1n) is 8.68. The van der Waals surface area contributed by atoms with Crippen molar-refractivity contribution < 1.29 is 13.9 Å². The zero-order valence-corrected chi connectivity index (χ0v) is 17.4. The van der Waals surface area contributed by atoms with Gasteiger partial charge in [-0.1, -0.05) is 37.0 Å². The lowest BCUT2D eigenvalue weighted by Crippen LogP contribution is -2.30. The van der Waals surface area contributed by atoms with E-state index in [1.54, 1.807) is 0 Å². The molecule has 2 N–H and O–H groups in total. The number of hydrogen-bond acceptors (Lipinski definition) is 6. The summed E-state index contributed by atoms with van der Waals surface area (Å²) in [6, 6.07) is 2.78. The van der Waals surface area contributed by atoms with E-state index >= 15 is 0 Å². The largest absolute Gasteiger partial charge is 0.434 e. The van der Waals surface area contributed by atoms with Gasteiger partial charge in [-0.25, -0.2) is 9.07 Å². The topological polar surface area (TPSA) is 97.6 Å². The van der Waals surface area contributed by atoms with Gasteiger partial charge in [0.05, 0.1) is 17.3 Å². The van der Waals surface area contributed by atoms with E-state index in [2.05, 4.69) is 20.7 Å². The van der Waals surface area contributed by atoms with E-state index in [1.165, 1.54) is 19.2 Å². The summed E-state index contributed by atoms with van der Waals surface area (Å²) in [5, 5.41) is 9.03. The maximum absolute atomic E-state index is 14.7. The van der Waals surface area contributed by atoms with Crippen molar-refractivity contribution in [3.8, 4) is 11.6 Å². The Bertz CT molecular complexity index is 1070. The molecule has 0 bridgehead atoms. The summed E-state index contributed by atoms with van der Waals surface area (Å²) in [6.45, 7) is 3.85. The molecule has 0 aliphatic carbocycles. The Morgan fingerprint density at radius 3 is 2.69 bits per heavy atom. The van der Waals surface area contributed by atoms with Crippen LogP contribution in [-0.2, 0) is 11.8 Å². The molecule has 1 aliphatic rings. The third-order valence-corrected chi connectivity index (χ3v) is 4.78. The number of nitrogens with zero attached hydrogens (tertiary/aromatic N) is 3. The van der Waals surface area contributed by atoms with Crippen LogP contribution in [0.2, 0.25) is 10.0 Å². The molecule has 0 spiro atoms. The molecule has 0 saturated carbocycles. The van der Waals surface area contributed by atoms with E-state index in [0.717, 1.165) is 4.68 Å². The molecule has 3 rings (SSSR count). The average Bonchev–Trinajstić information content (AvgIpc) is 3.08. The quantitative estimate of drug-likeness (QED) is 0.671. The van der Waals surface area contributed by atoms with Crippen LogP contribution in [0, 0.1) is 5.82 Å². The molecule has 0 radical (unpaired) electrons. The minimum Gasteiger partial charge on any atom is -0.434 e. The van der Waals surface area contributed by atoms with Crippen molar-refractivity contribution in [3.63, 3.8) is 0 Å². The van der Waals surface area contributed by atoms with Gasteiger partial charge in [-0.2, -0.15) is 0 Å². The highest BCUT2D eigenvalue weighted by Crippen LogP contribution is 2.41. The van der Waals surface area contributed by atoms with E-state index < -0.39 is 5.82 Å². The molecule has 0 fully saturated rings. The zero-order chi connectivity index (χ0) is 21.3. The molecule has 0 saturated heterocycles. The van der Waals surface area contributed by atoms with Crippen molar-refractivity contribution in [3.05, 3.63) is 43.9 Å². The Hall–Kier alpha value is -2.65. The minimum atomic E-state index is -0.787. The molecule has 29 heavy (non-hydrogen) atoms. The first kappa shape index (κ1) is 21.1. The molecule has 1 aromatic carbocycles. The van der Waals surface area contributed by atoms with Crippen molar-refractivity contribution in [1.82, 2.24) is 15.1 Å². The zero-order valence-electron chi connectivity index (χ0n) is 15.8. The Morgan fingerprint density at radius 1 is 1.34 bits per heavy atom. The van der Waals surface area contributed by atoms with Crippen molar-refractivity contribution in [2.75, 3.05) is 18.4 Å². The maximum Gasteiger partial charge on any atom is 0.270 e. The summed E-state index contributed by atoms with van der Waals surface area (Å²) in [6.07, 6.45) is 0. The first-order valence-corrected chi connectivity index (χ1v) is 9.43. The molecule has 8 nitrogen and oxygen atoms in total. The molecule has 2 aromatic rings. The average molecular weight is 442 g/mol. The number of ether oxygens (including phenoxy) is 1. The third kappa shape index (κ3) is 4.51. The van der Waals surface area contributed by atoms with Gasteiger partial charge in [0.1, 0.15) is 17.4 Å². The van der Waals surface area contributed by atoms with Crippen molar-refractivity contribution in [2.24, 2.45) is 12.0 Å². The number of nitrogens with one attached hydrogen (secondary N) is 2. The predicted molar refractivity (Wildman–Crippen MR) is 109 cm³/mol. The van der Waals surface area contributed by atoms with Gasteiger partial charge in [0.15, 0.2) is 11.6 Å². The summed E-state index contributed by atoms with van der Waals surface area (Å²) in [5.41, 5.74) is 0.257. The Balaban J connectivity index is 1.87. The van der Waals surface area contributed by atoms with Crippen LogP contribution >= 0.6 is 23.2 Å². The van der Waals surface area contributed by atoms with Gasteiger partial charge in [0.2, 0.25) is 11.8 Å². The molecular weight excluding hydrogens is 424 g/mol. The van der Waals surface area contributed by atoms with Crippen LogP contribution in [0.25, 0.3) is 0 Å². The van der Waals surface area contributed by atoms with E-state index in [9.17, 15) is 14.0 Å². The van der Waals surface area contributed by atoms with Gasteiger partial charge in [-0.3, -0.25) is 14.6 Å². The van der Waals surface area contributed by atoms with E-state index in [1.807, 2.05) is 13.8 Å². The molecular formula is C18H18Cl2FN5O3. The van der Waals surface area contributed by atoms with Gasteiger partial charge >= 0.3 is 0 Å². The van der Waals surface area contributed by atoms with Gasteiger partial charge in [0.25, 0.3) is 5.56 Å². The van der Waals surface area contributed by atoms with Gasteiger partial charge in [-0.05, 0) is 12.0 Å². The fourth-order valence-corrected chi connectivity index (χ4v) is 3.19. The predicted octanol–water partition coefficient (Wildman–Crippen LogP) is 3.08. The molecule has 1 aromatic heterocycles. The smallest absolute Gasteiger partial charge is 0.270 e. The number of aliphatic imine (C=N–C) groups is 1. The molecule has 0 unspecified atom stereocenters. The number of amides is 1. The van der Waals surface area contributed by atoms with Gasteiger partial charge < -0.3 is 15.4 Å². The minimum absolute atomic E-state index is 0.0208. The summed E-state index contributed by atoms with van der Waals surface area (Å²) in [5.74, 6) is -0.756. The SMILES string of the molecule is CC(C)c1cc(Oc2c(Cl)cc(NCC3=NCC(=O)N3)c(F)c2Cl)nn(C)c1=O. The summed E-state index contributed by atoms with van der Waals surface area (Å²) < 4.78 is 21.5. The first-order chi connectivity index (χ1) is 13.7. The van der Waals surface area contributed by atoms with Crippen LogP contribution in [0.15, 0.2) is 21.9 Å². The maximum atomic E-state index is 14.7. The summed E-state index contributed by atoms with van der Waals surface area (Å²) in [7, 11) is 1.49. The van der Waals surface area contributed by atoms with Crippen molar-refractivity contribution in [1.29, 1.82) is 0 Å². The normalized spacial score (nSPS) is 13.5. The lowest BCUT2D eigenvalue weighted by Gasteiger charge is -2.15. The number of rotatable bonds is 6.